The van der Waals surface area contributed by atoms with Crippen molar-refractivity contribution in [2.75, 3.05) is 18.1 Å². The number of thioether (sulfide) groups is 2. The highest BCUT2D eigenvalue weighted by Gasteiger charge is 2.40. The van der Waals surface area contributed by atoms with E-state index in [1.807, 2.05) is 176 Å². The maximum absolute atomic E-state index is 15.2. The fraction of sp³-hybridized carbons (Fsp3) is 0.211. The number of nitrogens with one attached hydrogen (secondary N) is 3. The molecule has 0 aliphatic carbocycles. The molecule has 0 aliphatic heterocycles. The van der Waals surface area contributed by atoms with Crippen molar-refractivity contribution >= 4 is 47.2 Å². The lowest BCUT2D eigenvalue weighted by molar-refractivity contribution is -0.145. The molecule has 8 aromatic rings. The lowest BCUT2D eigenvalue weighted by Gasteiger charge is -2.37. The Labute approximate surface area is 496 Å². The minimum absolute atomic E-state index is 0.00273. The van der Waals surface area contributed by atoms with E-state index in [1.54, 1.807) is 17.8 Å². The third-order valence-corrected chi connectivity index (χ3v) is 17.5. The molecule has 0 aliphatic rings. The largest absolute Gasteiger partial charge is 0.461 e. The van der Waals surface area contributed by atoms with Gasteiger partial charge in [0.1, 0.15) is 18.7 Å². The Morgan fingerprint density at radius 2 is 0.867 bits per heavy atom. The molecule has 0 radical (unpaired) electrons. The Morgan fingerprint density at radius 1 is 0.482 bits per heavy atom. The summed E-state index contributed by atoms with van der Waals surface area (Å²) in [7, 11) is 0. The summed E-state index contributed by atoms with van der Waals surface area (Å²) in [6, 6.07) is 76.3. The number of hydrogen-bond donors (Lipinski definition) is 5. The molecule has 8 rings (SSSR count). The van der Waals surface area contributed by atoms with Crippen molar-refractivity contribution in [1.82, 2.24) is 16.0 Å². The lowest BCUT2D eigenvalue weighted by atomic mass is 9.84. The second-order valence-corrected chi connectivity index (χ2v) is 22.7. The average Bonchev–Trinajstić information content (AvgIpc) is 3.20. The van der Waals surface area contributed by atoms with E-state index in [1.165, 1.54) is 17.8 Å². The summed E-state index contributed by atoms with van der Waals surface area (Å²) in [5.74, 6) is -1.80. The van der Waals surface area contributed by atoms with Gasteiger partial charge in [0, 0.05) is 12.2 Å². The molecular formula is C71H71N3O7S2. The number of benzene rings is 8. The van der Waals surface area contributed by atoms with Crippen LogP contribution in [0, 0.1) is 0 Å². The monoisotopic (exact) mass is 1140 g/mol. The van der Waals surface area contributed by atoms with Gasteiger partial charge in [0.2, 0.25) is 17.7 Å². The van der Waals surface area contributed by atoms with Crippen LogP contribution in [-0.2, 0) is 46.3 Å². The van der Waals surface area contributed by atoms with Gasteiger partial charge in [-0.15, -0.1) is 23.5 Å². The first-order valence-corrected chi connectivity index (χ1v) is 29.9. The molecule has 0 bridgehead atoms. The molecule has 0 saturated carbocycles. The van der Waals surface area contributed by atoms with Crippen LogP contribution in [0.2, 0.25) is 0 Å². The van der Waals surface area contributed by atoms with E-state index >= 15 is 9.59 Å². The summed E-state index contributed by atoms with van der Waals surface area (Å²) in [5, 5.41) is 32.1. The highest BCUT2D eigenvalue weighted by atomic mass is 32.2. The predicted molar refractivity (Wildman–Crippen MR) is 336 cm³/mol. The van der Waals surface area contributed by atoms with Gasteiger partial charge in [-0.1, -0.05) is 267 Å². The standard InChI is InChI=1S/C71H71N3O7S2/c1-2-46-81-67(78)51-65(76)62(48-53-29-11-3-12-30-53)73-69(80)64(52-83-71(58-39-21-8-22-40-58,59-41-23-9-24-42-59)60-43-25-10-26-44-60)74-68(79)63(49-54-31-13-4-14-32-54)72-66(77)50-61(75)45-27-28-47-82-70(55-33-15-5-16-34-55,56-35-17-6-18-36-56)57-37-19-7-20-38-57/h2-27,29-45,61-65,75-76H,1,28,46-52H2,(H,72,77)(H,73,80)(H,74,79)/t61?,62-,63?,64?,65+/m1/s1. The van der Waals surface area contributed by atoms with Crippen molar-refractivity contribution in [1.29, 1.82) is 0 Å². The van der Waals surface area contributed by atoms with Crippen molar-refractivity contribution in [3.8, 4) is 0 Å². The molecule has 0 aromatic heterocycles. The molecule has 83 heavy (non-hydrogen) atoms. The van der Waals surface area contributed by atoms with Crippen LogP contribution in [0.1, 0.15) is 63.8 Å². The number of rotatable bonds is 30. The SMILES string of the molecule is C=CCOC(=O)C[C@H](O)[C@@H](Cc1ccccc1)NC(=O)C(CSC(c1ccccc1)(c1ccccc1)c1ccccc1)NC(=O)C(Cc1ccccc1)NC(=O)CC(O)C=CCCSC(c1ccccc1)(c1ccccc1)c1ccccc1. The molecule has 0 saturated heterocycles. The lowest BCUT2D eigenvalue weighted by Crippen LogP contribution is -2.58. The first kappa shape index (κ1) is 60.8. The highest BCUT2D eigenvalue weighted by molar-refractivity contribution is 8.00. The maximum atomic E-state index is 15.2. The van der Waals surface area contributed by atoms with Crippen LogP contribution >= 0.6 is 23.5 Å². The molecule has 0 spiro atoms. The number of aliphatic hydroxyl groups excluding tert-OH is 2. The van der Waals surface area contributed by atoms with Crippen molar-refractivity contribution < 1.29 is 34.1 Å². The third kappa shape index (κ3) is 16.7. The molecule has 424 valence electrons. The number of hydrogen-bond acceptors (Lipinski definition) is 9. The Morgan fingerprint density at radius 3 is 1.29 bits per heavy atom. The molecule has 12 heteroatoms. The van der Waals surface area contributed by atoms with Crippen molar-refractivity contribution in [2.45, 2.75) is 71.9 Å². The van der Waals surface area contributed by atoms with Gasteiger partial charge in [-0.3, -0.25) is 19.2 Å². The number of esters is 1. The van der Waals surface area contributed by atoms with Crippen molar-refractivity contribution in [3.63, 3.8) is 0 Å². The van der Waals surface area contributed by atoms with E-state index in [-0.39, 0.29) is 31.6 Å². The molecule has 5 atom stereocenters. The molecule has 0 fully saturated rings. The summed E-state index contributed by atoms with van der Waals surface area (Å²) < 4.78 is 3.82. The van der Waals surface area contributed by atoms with Crippen LogP contribution in [0.5, 0.6) is 0 Å². The van der Waals surface area contributed by atoms with Gasteiger partial charge in [-0.2, -0.15) is 0 Å². The van der Waals surface area contributed by atoms with Crippen LogP contribution in [0.25, 0.3) is 0 Å². The highest BCUT2D eigenvalue weighted by Crippen LogP contribution is 2.50. The van der Waals surface area contributed by atoms with Gasteiger partial charge in [0.25, 0.3) is 0 Å². The van der Waals surface area contributed by atoms with E-state index in [0.717, 1.165) is 44.5 Å². The number of carbonyl (C=O) groups excluding carboxylic acids is 4. The molecule has 3 unspecified atom stereocenters. The Bertz CT molecular complexity index is 3100. The third-order valence-electron chi connectivity index (χ3n) is 14.3. The van der Waals surface area contributed by atoms with E-state index in [2.05, 4.69) is 95.3 Å². The van der Waals surface area contributed by atoms with Crippen LogP contribution in [0.3, 0.4) is 0 Å². The summed E-state index contributed by atoms with van der Waals surface area (Å²) in [6.45, 7) is 3.57. The van der Waals surface area contributed by atoms with E-state index in [4.69, 9.17) is 4.74 Å². The zero-order valence-corrected chi connectivity index (χ0v) is 48.0. The molecule has 10 nitrogen and oxygen atoms in total. The topological polar surface area (TPSA) is 154 Å². The van der Waals surface area contributed by atoms with E-state index < -0.39 is 69.9 Å². The molecular weight excluding hydrogens is 1070 g/mol. The van der Waals surface area contributed by atoms with E-state index in [9.17, 15) is 19.8 Å². The van der Waals surface area contributed by atoms with Gasteiger partial charge < -0.3 is 30.9 Å². The van der Waals surface area contributed by atoms with Crippen molar-refractivity contribution in [3.05, 3.63) is 312 Å². The Balaban J connectivity index is 1.05. The quantitative estimate of drug-likeness (QED) is 0.0128. The Hall–Kier alpha value is -8.26. The molecule has 8 aromatic carbocycles. The summed E-state index contributed by atoms with van der Waals surface area (Å²) >= 11 is 3.26. The van der Waals surface area contributed by atoms with Gasteiger partial charge in [-0.25, -0.2) is 0 Å². The van der Waals surface area contributed by atoms with Gasteiger partial charge in [0.15, 0.2) is 0 Å². The average molecular weight is 1140 g/mol. The van der Waals surface area contributed by atoms with Crippen LogP contribution in [0.4, 0.5) is 0 Å². The van der Waals surface area contributed by atoms with Crippen molar-refractivity contribution in [2.24, 2.45) is 0 Å². The fourth-order valence-corrected chi connectivity index (χ4v) is 13.3. The normalized spacial score (nSPS) is 13.4. The first-order chi connectivity index (χ1) is 40.6. The zero-order chi connectivity index (χ0) is 58.1. The molecule has 5 N–H and O–H groups in total. The van der Waals surface area contributed by atoms with Gasteiger partial charge in [0.05, 0.1) is 40.6 Å². The predicted octanol–water partition coefficient (Wildman–Crippen LogP) is 11.6. The maximum Gasteiger partial charge on any atom is 0.308 e. The zero-order valence-electron chi connectivity index (χ0n) is 46.3. The van der Waals surface area contributed by atoms with Crippen LogP contribution < -0.4 is 16.0 Å². The summed E-state index contributed by atoms with van der Waals surface area (Å²) in [4.78, 5) is 57.3. The smallest absolute Gasteiger partial charge is 0.308 e. The number of ether oxygens (including phenoxy) is 1. The molecule has 3 amide bonds. The molecule has 0 heterocycles. The second kappa shape index (κ2) is 31.2. The number of allylic oxidation sites excluding steroid dienone is 1. The fourth-order valence-electron chi connectivity index (χ4n) is 10.3. The van der Waals surface area contributed by atoms with Crippen LogP contribution in [-0.4, -0.2) is 82.3 Å². The minimum Gasteiger partial charge on any atom is -0.461 e. The summed E-state index contributed by atoms with van der Waals surface area (Å²) in [6.07, 6.45) is 2.47. The van der Waals surface area contributed by atoms with Gasteiger partial charge >= 0.3 is 5.97 Å². The van der Waals surface area contributed by atoms with Crippen LogP contribution in [0.15, 0.2) is 267 Å². The number of amides is 3. The Kier molecular flexibility index (Phi) is 22.9. The van der Waals surface area contributed by atoms with E-state index in [0.29, 0.717) is 12.2 Å². The van der Waals surface area contributed by atoms with Gasteiger partial charge in [-0.05, 0) is 63.1 Å². The summed E-state index contributed by atoms with van der Waals surface area (Å²) in [5.41, 5.74) is 7.78. The number of carbonyl (C=O) groups is 4. The first-order valence-electron chi connectivity index (χ1n) is 28.0. The second-order valence-electron chi connectivity index (χ2n) is 20.1. The minimum atomic E-state index is -1.38. The number of aliphatic hydroxyl groups is 2.